The average molecular weight is 648 g/mol. The Balaban J connectivity index is 2.21. The maximum atomic E-state index is 13.8. The summed E-state index contributed by atoms with van der Waals surface area (Å²) in [7, 11) is 0. The van der Waals surface area contributed by atoms with Crippen LogP contribution in [0.4, 0.5) is 68.5 Å². The molecule has 1 N–H and O–H groups in total. The Morgan fingerprint density at radius 1 is 0.744 bits per heavy atom. The molecule has 0 aliphatic carbocycles. The van der Waals surface area contributed by atoms with E-state index in [1.807, 2.05) is 0 Å². The molecule has 0 aromatic heterocycles. The van der Waals surface area contributed by atoms with Crippen LogP contribution in [0.25, 0.3) is 0 Å². The van der Waals surface area contributed by atoms with E-state index in [1.54, 1.807) is 0 Å². The van der Waals surface area contributed by atoms with Crippen molar-refractivity contribution in [1.82, 2.24) is 5.43 Å². The SMILES string of the molecule is O=C(NN=Cc1ccc(Oc2ccc([N+](=O)[O-])cc2[N+](=O)[O-])cc1)C(F)(F)C(F)(F)C(F)(F)C(F)(F)C(F)(F)C(F)(F)F. The number of hydrazone groups is 1. The van der Waals surface area contributed by atoms with E-state index >= 15 is 0 Å². The number of carbonyl (C=O) groups excluding carboxylic acids is 1. The first kappa shape index (κ1) is 34.5. The first-order chi connectivity index (χ1) is 19.3. The Kier molecular flexibility index (Phi) is 8.95. The number of alkyl halides is 13. The van der Waals surface area contributed by atoms with Crippen LogP contribution in [0.5, 0.6) is 11.5 Å². The lowest BCUT2D eigenvalue weighted by atomic mass is 9.93. The number of non-ortho nitro benzene ring substituents is 1. The predicted molar refractivity (Wildman–Crippen MR) is 113 cm³/mol. The number of nitrogens with one attached hydrogen (secondary N) is 1. The standard InChI is InChI=1S/C20H9F13N4O6/c21-15(22,16(23,24)17(25,26)18(27,28)19(29,30)20(31,32)33)14(38)35-34-8-9-1-4-11(5-2-9)43-13-6-3-10(36(39)40)7-12(13)37(41)42/h1-8H,(H,35,38). The zero-order valence-electron chi connectivity index (χ0n) is 19.8. The van der Waals surface area contributed by atoms with E-state index in [0.29, 0.717) is 17.7 Å². The van der Waals surface area contributed by atoms with E-state index in [9.17, 15) is 82.1 Å². The quantitative estimate of drug-likeness (QED) is 0.128. The first-order valence-electron chi connectivity index (χ1n) is 10.3. The summed E-state index contributed by atoms with van der Waals surface area (Å²) in [5.74, 6) is -43.5. The molecule has 0 heterocycles. The van der Waals surface area contributed by atoms with Crippen LogP contribution in [-0.2, 0) is 4.79 Å². The van der Waals surface area contributed by atoms with Gasteiger partial charge in [-0.25, -0.2) is 5.43 Å². The molecule has 0 radical (unpaired) electrons. The van der Waals surface area contributed by atoms with Gasteiger partial charge in [0.25, 0.3) is 5.69 Å². The van der Waals surface area contributed by atoms with Crippen molar-refractivity contribution in [3.8, 4) is 11.5 Å². The summed E-state index contributed by atoms with van der Waals surface area (Å²) >= 11 is 0. The van der Waals surface area contributed by atoms with Crippen LogP contribution >= 0.6 is 0 Å². The number of halogens is 13. The van der Waals surface area contributed by atoms with Gasteiger partial charge in [-0.2, -0.15) is 62.2 Å². The Hall–Kier alpha value is -4.73. The molecule has 2 rings (SSSR count). The fourth-order valence-corrected chi connectivity index (χ4v) is 2.74. The molecule has 43 heavy (non-hydrogen) atoms. The highest BCUT2D eigenvalue weighted by Crippen LogP contribution is 2.60. The average Bonchev–Trinajstić information content (AvgIpc) is 2.88. The molecule has 1 amide bonds. The van der Waals surface area contributed by atoms with Gasteiger partial charge in [0.15, 0.2) is 0 Å². The molecule has 0 saturated heterocycles. The maximum absolute atomic E-state index is 13.8. The third-order valence-electron chi connectivity index (χ3n) is 5.06. The third-order valence-corrected chi connectivity index (χ3v) is 5.06. The van der Waals surface area contributed by atoms with E-state index in [2.05, 4.69) is 5.10 Å². The number of rotatable bonds is 11. The van der Waals surface area contributed by atoms with Crippen molar-refractivity contribution < 1.29 is 76.5 Å². The Bertz CT molecular complexity index is 1430. The number of nitro groups is 2. The highest BCUT2D eigenvalue weighted by Gasteiger charge is 2.91. The van der Waals surface area contributed by atoms with Crippen LogP contribution in [0.3, 0.4) is 0 Å². The van der Waals surface area contributed by atoms with Crippen molar-refractivity contribution in [3.05, 3.63) is 68.3 Å². The summed E-state index contributed by atoms with van der Waals surface area (Å²) in [6, 6.07) is 6.09. The van der Waals surface area contributed by atoms with Gasteiger partial charge in [0, 0.05) is 6.07 Å². The fraction of sp³-hybridized carbons (Fsp3) is 0.300. The van der Waals surface area contributed by atoms with E-state index in [-0.39, 0.29) is 11.3 Å². The summed E-state index contributed by atoms with van der Waals surface area (Å²) in [5.41, 5.74) is -1.25. The molecule has 0 saturated carbocycles. The highest BCUT2D eigenvalue weighted by atomic mass is 19.4. The van der Waals surface area contributed by atoms with Crippen LogP contribution in [-0.4, -0.2) is 57.8 Å². The number of carbonyl (C=O) groups is 1. The second-order valence-electron chi connectivity index (χ2n) is 7.91. The number of benzene rings is 2. The predicted octanol–water partition coefficient (Wildman–Crippen LogP) is 6.48. The lowest BCUT2D eigenvalue weighted by Gasteiger charge is -2.38. The van der Waals surface area contributed by atoms with Gasteiger partial charge < -0.3 is 4.74 Å². The lowest BCUT2D eigenvalue weighted by molar-refractivity contribution is -0.436. The number of nitrogens with zero attached hydrogens (tertiary/aromatic N) is 3. The molecule has 0 aliphatic heterocycles. The summed E-state index contributed by atoms with van der Waals surface area (Å²) < 4.78 is 176. The maximum Gasteiger partial charge on any atom is 0.460 e. The van der Waals surface area contributed by atoms with Gasteiger partial charge >= 0.3 is 47.4 Å². The molecule has 0 fully saturated rings. The topological polar surface area (TPSA) is 137 Å². The van der Waals surface area contributed by atoms with Crippen molar-refractivity contribution in [2.75, 3.05) is 0 Å². The van der Waals surface area contributed by atoms with Gasteiger partial charge in [-0.3, -0.25) is 25.0 Å². The van der Waals surface area contributed by atoms with Crippen molar-refractivity contribution in [2.45, 2.75) is 35.8 Å². The monoisotopic (exact) mass is 648 g/mol. The summed E-state index contributed by atoms with van der Waals surface area (Å²) in [6.07, 6.45) is -7.27. The van der Waals surface area contributed by atoms with Gasteiger partial charge in [-0.15, -0.1) is 0 Å². The zero-order chi connectivity index (χ0) is 33.4. The molecule has 236 valence electrons. The normalized spacial score (nSPS) is 13.6. The number of hydrogen-bond donors (Lipinski definition) is 1. The zero-order valence-corrected chi connectivity index (χ0v) is 19.8. The summed E-state index contributed by atoms with van der Waals surface area (Å²) in [5, 5.41) is 24.5. The summed E-state index contributed by atoms with van der Waals surface area (Å²) in [4.78, 5) is 31.3. The van der Waals surface area contributed by atoms with E-state index in [4.69, 9.17) is 4.74 Å². The highest BCUT2D eigenvalue weighted by molar-refractivity contribution is 5.87. The molecule has 0 spiro atoms. The van der Waals surface area contributed by atoms with Crippen LogP contribution in [0.2, 0.25) is 0 Å². The van der Waals surface area contributed by atoms with Crippen molar-refractivity contribution in [2.24, 2.45) is 5.10 Å². The number of ether oxygens (including phenoxy) is 1. The lowest BCUT2D eigenvalue weighted by Crippen LogP contribution is -2.71. The molecular weight excluding hydrogens is 639 g/mol. The van der Waals surface area contributed by atoms with Crippen LogP contribution in [0, 0.1) is 20.2 Å². The molecule has 23 heteroatoms. The van der Waals surface area contributed by atoms with Crippen molar-refractivity contribution in [3.63, 3.8) is 0 Å². The van der Waals surface area contributed by atoms with Crippen LogP contribution in [0.15, 0.2) is 47.6 Å². The number of amides is 1. The largest absolute Gasteiger partial charge is 0.460 e. The van der Waals surface area contributed by atoms with E-state index < -0.39 is 68.7 Å². The second kappa shape index (κ2) is 11.2. The molecule has 0 bridgehead atoms. The molecule has 2 aromatic carbocycles. The second-order valence-corrected chi connectivity index (χ2v) is 7.91. The Morgan fingerprint density at radius 2 is 1.26 bits per heavy atom. The van der Waals surface area contributed by atoms with Crippen LogP contribution in [0.1, 0.15) is 5.56 Å². The molecule has 0 unspecified atom stereocenters. The van der Waals surface area contributed by atoms with Gasteiger partial charge in [-0.1, -0.05) is 0 Å². The minimum absolute atomic E-state index is 0.219. The number of hydrogen-bond acceptors (Lipinski definition) is 7. The third kappa shape index (κ3) is 6.09. The van der Waals surface area contributed by atoms with Gasteiger partial charge in [-0.05, 0) is 35.9 Å². The fourth-order valence-electron chi connectivity index (χ4n) is 2.74. The minimum Gasteiger partial charge on any atom is -0.450 e. The van der Waals surface area contributed by atoms with Gasteiger partial charge in [0.05, 0.1) is 22.1 Å². The van der Waals surface area contributed by atoms with Gasteiger partial charge in [0.1, 0.15) is 5.75 Å². The smallest absolute Gasteiger partial charge is 0.450 e. The molecule has 2 aromatic rings. The molecular formula is C20H9F13N4O6. The van der Waals surface area contributed by atoms with E-state index in [0.717, 1.165) is 36.4 Å². The Morgan fingerprint density at radius 3 is 1.72 bits per heavy atom. The van der Waals surface area contributed by atoms with Crippen molar-refractivity contribution >= 4 is 23.5 Å². The van der Waals surface area contributed by atoms with E-state index in [1.165, 1.54) is 0 Å². The Labute approximate surface area is 227 Å². The number of nitro benzene ring substituents is 2. The minimum atomic E-state index is -8.17. The first-order valence-corrected chi connectivity index (χ1v) is 10.3. The molecule has 10 nitrogen and oxygen atoms in total. The van der Waals surface area contributed by atoms with Crippen molar-refractivity contribution in [1.29, 1.82) is 0 Å². The van der Waals surface area contributed by atoms with Gasteiger partial charge in [0.2, 0.25) is 5.75 Å². The molecule has 0 aliphatic rings. The van der Waals surface area contributed by atoms with Crippen LogP contribution < -0.4 is 10.2 Å². The molecule has 0 atom stereocenters. The summed E-state index contributed by atoms with van der Waals surface area (Å²) in [6.45, 7) is 0.